The van der Waals surface area contributed by atoms with Gasteiger partial charge < -0.3 is 10.2 Å². The summed E-state index contributed by atoms with van der Waals surface area (Å²) in [6, 6.07) is 0. The highest BCUT2D eigenvalue weighted by atomic mass is 32.1. The highest BCUT2D eigenvalue weighted by Crippen LogP contribution is 2.48. The normalized spacial score (nSPS) is 28.2. The third kappa shape index (κ3) is 3.17. The summed E-state index contributed by atoms with van der Waals surface area (Å²) in [4.78, 5) is 8.35. The van der Waals surface area contributed by atoms with Gasteiger partial charge in [0, 0.05) is 31.2 Å². The predicted molar refractivity (Wildman–Crippen MR) is 86.3 cm³/mol. The Labute approximate surface area is 126 Å². The monoisotopic (exact) mass is 293 g/mol. The van der Waals surface area contributed by atoms with Crippen LogP contribution < -0.4 is 10.2 Å². The van der Waals surface area contributed by atoms with E-state index >= 15 is 0 Å². The average molecular weight is 293 g/mol. The van der Waals surface area contributed by atoms with Crippen LogP contribution in [0.5, 0.6) is 0 Å². The van der Waals surface area contributed by atoms with Crippen LogP contribution in [0.25, 0.3) is 0 Å². The second-order valence-corrected chi connectivity index (χ2v) is 7.70. The van der Waals surface area contributed by atoms with Crippen molar-refractivity contribution in [1.29, 1.82) is 0 Å². The zero-order chi connectivity index (χ0) is 13.9. The Hall–Kier alpha value is -0.610. The van der Waals surface area contributed by atoms with E-state index in [1.54, 1.807) is 0 Å². The second kappa shape index (κ2) is 6.44. The van der Waals surface area contributed by atoms with Gasteiger partial charge in [0.2, 0.25) is 0 Å². The topological polar surface area (TPSA) is 28.2 Å². The summed E-state index contributed by atoms with van der Waals surface area (Å²) in [6.07, 6.45) is 9.17. The second-order valence-electron chi connectivity index (χ2n) is 6.60. The molecule has 1 heterocycles. The van der Waals surface area contributed by atoms with Crippen LogP contribution in [0.15, 0.2) is 6.20 Å². The van der Waals surface area contributed by atoms with Gasteiger partial charge in [-0.25, -0.2) is 4.98 Å². The minimum Gasteiger partial charge on any atom is -0.351 e. The third-order valence-corrected chi connectivity index (χ3v) is 6.10. The fourth-order valence-corrected chi connectivity index (χ4v) is 4.82. The standard InChI is InChI=1S/C16H27N3S/c1-3-6-17-9-15-10-18-16(20-15)19(2)11-14-8-12-4-5-13(14)7-12/h10,12-14,17H,3-9,11H2,1-2H3. The van der Waals surface area contributed by atoms with E-state index in [1.165, 1.54) is 48.7 Å². The van der Waals surface area contributed by atoms with Crippen LogP contribution in [0.4, 0.5) is 5.13 Å². The molecule has 0 spiro atoms. The molecule has 3 nitrogen and oxygen atoms in total. The summed E-state index contributed by atoms with van der Waals surface area (Å²) < 4.78 is 0. The molecule has 2 aliphatic rings. The summed E-state index contributed by atoms with van der Waals surface area (Å²) in [7, 11) is 2.22. The van der Waals surface area contributed by atoms with Crippen LogP contribution in [0, 0.1) is 17.8 Å². The maximum absolute atomic E-state index is 4.60. The van der Waals surface area contributed by atoms with Crippen LogP contribution in [0.3, 0.4) is 0 Å². The van der Waals surface area contributed by atoms with Crippen molar-refractivity contribution in [2.45, 2.75) is 45.6 Å². The average Bonchev–Trinajstić information content (AvgIpc) is 3.14. The van der Waals surface area contributed by atoms with Crippen molar-refractivity contribution in [2.24, 2.45) is 17.8 Å². The maximum atomic E-state index is 4.60. The third-order valence-electron chi connectivity index (χ3n) is 4.99. The van der Waals surface area contributed by atoms with E-state index in [1.807, 2.05) is 17.5 Å². The van der Waals surface area contributed by atoms with Crippen molar-refractivity contribution < 1.29 is 0 Å². The first-order valence-corrected chi connectivity index (χ1v) is 8.94. The number of anilines is 1. The molecule has 3 unspecified atom stereocenters. The fraction of sp³-hybridized carbons (Fsp3) is 0.812. The Kier molecular flexibility index (Phi) is 4.61. The quantitative estimate of drug-likeness (QED) is 0.780. The predicted octanol–water partition coefficient (Wildman–Crippen LogP) is 3.52. The van der Waals surface area contributed by atoms with E-state index in [0.29, 0.717) is 0 Å². The highest BCUT2D eigenvalue weighted by Gasteiger charge is 2.39. The lowest BCUT2D eigenvalue weighted by Gasteiger charge is -2.26. The number of nitrogens with zero attached hydrogens (tertiary/aromatic N) is 2. The molecule has 3 atom stereocenters. The molecule has 2 fully saturated rings. The molecule has 2 saturated carbocycles. The zero-order valence-electron chi connectivity index (χ0n) is 12.8. The van der Waals surface area contributed by atoms with Crippen molar-refractivity contribution in [2.75, 3.05) is 25.0 Å². The molecular weight excluding hydrogens is 266 g/mol. The minimum absolute atomic E-state index is 0.921. The number of hydrogen-bond acceptors (Lipinski definition) is 4. The van der Waals surface area contributed by atoms with Gasteiger partial charge in [-0.3, -0.25) is 0 Å². The molecule has 4 heteroatoms. The Balaban J connectivity index is 1.50. The van der Waals surface area contributed by atoms with Gasteiger partial charge in [0.1, 0.15) is 0 Å². The van der Waals surface area contributed by atoms with Crippen LogP contribution in [-0.2, 0) is 6.54 Å². The molecule has 1 N–H and O–H groups in total. The van der Waals surface area contributed by atoms with E-state index in [-0.39, 0.29) is 0 Å². The first kappa shape index (κ1) is 14.3. The lowest BCUT2D eigenvalue weighted by molar-refractivity contribution is 0.337. The Morgan fingerprint density at radius 3 is 3.00 bits per heavy atom. The van der Waals surface area contributed by atoms with Gasteiger partial charge in [-0.05, 0) is 50.0 Å². The molecule has 0 amide bonds. The lowest BCUT2D eigenvalue weighted by Crippen LogP contribution is -2.28. The van der Waals surface area contributed by atoms with Gasteiger partial charge >= 0.3 is 0 Å². The summed E-state index contributed by atoms with van der Waals surface area (Å²) in [5.74, 6) is 2.97. The number of nitrogens with one attached hydrogen (secondary N) is 1. The molecule has 1 aromatic heterocycles. The van der Waals surface area contributed by atoms with Gasteiger partial charge in [0.15, 0.2) is 5.13 Å². The first-order valence-electron chi connectivity index (χ1n) is 8.12. The van der Waals surface area contributed by atoms with Crippen molar-refractivity contribution in [3.8, 4) is 0 Å². The van der Waals surface area contributed by atoms with Crippen LogP contribution in [0.1, 0.15) is 43.9 Å². The van der Waals surface area contributed by atoms with Gasteiger partial charge in [-0.1, -0.05) is 13.3 Å². The number of hydrogen-bond donors (Lipinski definition) is 1. The summed E-state index contributed by atoms with van der Waals surface area (Å²) in [6.45, 7) is 5.46. The maximum Gasteiger partial charge on any atom is 0.185 e. The lowest BCUT2D eigenvalue weighted by atomic mass is 9.88. The van der Waals surface area contributed by atoms with Crippen LogP contribution in [-0.4, -0.2) is 25.1 Å². The Morgan fingerprint density at radius 1 is 1.40 bits per heavy atom. The van der Waals surface area contributed by atoms with Gasteiger partial charge in [0.05, 0.1) is 0 Å². The van der Waals surface area contributed by atoms with Crippen molar-refractivity contribution in [1.82, 2.24) is 10.3 Å². The molecular formula is C16H27N3S. The number of fused-ring (bicyclic) bond motifs is 2. The van der Waals surface area contributed by atoms with E-state index in [4.69, 9.17) is 0 Å². The molecule has 2 aliphatic carbocycles. The Morgan fingerprint density at radius 2 is 2.30 bits per heavy atom. The van der Waals surface area contributed by atoms with E-state index < -0.39 is 0 Å². The van der Waals surface area contributed by atoms with Gasteiger partial charge in [-0.2, -0.15) is 0 Å². The molecule has 3 rings (SSSR count). The van der Waals surface area contributed by atoms with Crippen LogP contribution in [0.2, 0.25) is 0 Å². The smallest absolute Gasteiger partial charge is 0.185 e. The molecule has 2 bridgehead atoms. The summed E-state index contributed by atoms with van der Waals surface area (Å²) in [5, 5.41) is 4.65. The number of rotatable bonds is 7. The molecule has 0 aromatic carbocycles. The van der Waals surface area contributed by atoms with E-state index in [9.17, 15) is 0 Å². The molecule has 112 valence electrons. The zero-order valence-corrected chi connectivity index (χ0v) is 13.6. The Bertz CT molecular complexity index is 431. The molecule has 0 saturated heterocycles. The highest BCUT2D eigenvalue weighted by molar-refractivity contribution is 7.15. The number of thiazole rings is 1. The van der Waals surface area contributed by atoms with Gasteiger partial charge in [-0.15, -0.1) is 11.3 Å². The minimum atomic E-state index is 0.921. The largest absolute Gasteiger partial charge is 0.351 e. The van der Waals surface area contributed by atoms with Gasteiger partial charge in [0.25, 0.3) is 0 Å². The SMILES string of the molecule is CCCNCc1cnc(N(C)CC2CC3CCC2C3)s1. The number of aromatic nitrogens is 1. The molecule has 0 aliphatic heterocycles. The molecule has 0 radical (unpaired) electrons. The van der Waals surface area contributed by atoms with E-state index in [0.717, 1.165) is 30.8 Å². The van der Waals surface area contributed by atoms with Crippen molar-refractivity contribution >= 4 is 16.5 Å². The van der Waals surface area contributed by atoms with Crippen LogP contribution >= 0.6 is 11.3 Å². The van der Waals surface area contributed by atoms with Crippen molar-refractivity contribution in [3.63, 3.8) is 0 Å². The molecule has 1 aromatic rings. The van der Waals surface area contributed by atoms with Crippen molar-refractivity contribution in [3.05, 3.63) is 11.1 Å². The van der Waals surface area contributed by atoms with E-state index in [2.05, 4.69) is 29.2 Å². The summed E-state index contributed by atoms with van der Waals surface area (Å²) >= 11 is 1.85. The first-order chi connectivity index (χ1) is 9.76. The summed E-state index contributed by atoms with van der Waals surface area (Å²) in [5.41, 5.74) is 0. The molecule has 20 heavy (non-hydrogen) atoms. The fourth-order valence-electron chi connectivity index (χ4n) is 3.97.